The van der Waals surface area contributed by atoms with Gasteiger partial charge in [-0.1, -0.05) is 23.7 Å². The molecule has 5 nitrogen and oxygen atoms in total. The van der Waals surface area contributed by atoms with Gasteiger partial charge in [0.25, 0.3) is 11.5 Å². The van der Waals surface area contributed by atoms with Gasteiger partial charge < -0.3 is 5.32 Å². The molecule has 0 atom stereocenters. The van der Waals surface area contributed by atoms with Gasteiger partial charge in [-0.2, -0.15) is 0 Å². The summed E-state index contributed by atoms with van der Waals surface area (Å²) < 4.78 is 1.72. The molecule has 0 unspecified atom stereocenters. The Labute approximate surface area is 149 Å². The summed E-state index contributed by atoms with van der Waals surface area (Å²) in [6.07, 6.45) is 1.74. The maximum atomic E-state index is 12.5. The van der Waals surface area contributed by atoms with Gasteiger partial charge in [-0.25, -0.2) is 4.98 Å². The minimum atomic E-state index is -0.204. The van der Waals surface area contributed by atoms with Crippen molar-refractivity contribution in [1.82, 2.24) is 14.9 Å². The molecule has 25 heavy (non-hydrogen) atoms. The molecule has 1 amide bonds. The molecule has 0 bridgehead atoms. The summed E-state index contributed by atoms with van der Waals surface area (Å²) in [7, 11) is 0. The average molecular weight is 354 g/mol. The first-order valence-electron chi connectivity index (χ1n) is 8.18. The van der Waals surface area contributed by atoms with Gasteiger partial charge >= 0.3 is 0 Å². The summed E-state index contributed by atoms with van der Waals surface area (Å²) >= 11 is 5.95. The number of hydrogen-bond donors (Lipinski definition) is 1. The van der Waals surface area contributed by atoms with Crippen molar-refractivity contribution in [2.24, 2.45) is 0 Å². The fourth-order valence-corrected chi connectivity index (χ4v) is 3.37. The number of amides is 1. The molecule has 0 aliphatic carbocycles. The van der Waals surface area contributed by atoms with E-state index in [1.165, 1.54) is 0 Å². The van der Waals surface area contributed by atoms with Gasteiger partial charge in [0.2, 0.25) is 0 Å². The van der Waals surface area contributed by atoms with E-state index in [2.05, 4.69) is 10.3 Å². The fourth-order valence-electron chi connectivity index (χ4n) is 3.16. The van der Waals surface area contributed by atoms with Crippen molar-refractivity contribution in [2.75, 3.05) is 0 Å². The lowest BCUT2D eigenvalue weighted by Gasteiger charge is -2.08. The van der Waals surface area contributed by atoms with E-state index in [1.807, 2.05) is 18.2 Å². The van der Waals surface area contributed by atoms with Crippen LogP contribution in [0.2, 0.25) is 5.02 Å². The molecule has 6 heteroatoms. The van der Waals surface area contributed by atoms with Crippen molar-refractivity contribution < 1.29 is 4.79 Å². The Morgan fingerprint density at radius 2 is 2.12 bits per heavy atom. The molecule has 1 N–H and O–H groups in total. The Kier molecular flexibility index (Phi) is 4.01. The molecule has 3 aromatic rings. The summed E-state index contributed by atoms with van der Waals surface area (Å²) in [5, 5.41) is 4.05. The Hall–Kier alpha value is -2.66. The molecule has 0 saturated heterocycles. The summed E-state index contributed by atoms with van der Waals surface area (Å²) in [6, 6.07) is 12.4. The average Bonchev–Trinajstić information content (AvgIpc) is 3.08. The number of carbonyl (C=O) groups is 1. The molecule has 126 valence electrons. The quantitative estimate of drug-likeness (QED) is 0.787. The first kappa shape index (κ1) is 15.8. The summed E-state index contributed by atoms with van der Waals surface area (Å²) in [5.74, 6) is 0.596. The number of halogens is 1. The second kappa shape index (κ2) is 6.33. The van der Waals surface area contributed by atoms with Crippen LogP contribution in [0.3, 0.4) is 0 Å². The molecule has 1 aromatic heterocycles. The maximum absolute atomic E-state index is 12.5. The van der Waals surface area contributed by atoms with Gasteiger partial charge in [0.05, 0.1) is 10.9 Å². The van der Waals surface area contributed by atoms with Crippen molar-refractivity contribution in [3.63, 3.8) is 0 Å². The molecule has 1 aliphatic heterocycles. The van der Waals surface area contributed by atoms with Crippen LogP contribution >= 0.6 is 11.6 Å². The molecule has 0 saturated carbocycles. The van der Waals surface area contributed by atoms with E-state index in [9.17, 15) is 9.59 Å². The summed E-state index contributed by atoms with van der Waals surface area (Å²) in [5.41, 5.74) is 1.97. The molecule has 0 spiro atoms. The van der Waals surface area contributed by atoms with Gasteiger partial charge in [-0.15, -0.1) is 0 Å². The maximum Gasteiger partial charge on any atom is 0.261 e. The van der Waals surface area contributed by atoms with E-state index in [-0.39, 0.29) is 11.5 Å². The molecule has 1 aliphatic rings. The number of hydrogen-bond acceptors (Lipinski definition) is 3. The lowest BCUT2D eigenvalue weighted by atomic mass is 10.1. The predicted molar refractivity (Wildman–Crippen MR) is 96.9 cm³/mol. The number of nitrogens with one attached hydrogen (secondary N) is 1. The first-order valence-corrected chi connectivity index (χ1v) is 8.56. The number of benzene rings is 2. The lowest BCUT2D eigenvalue weighted by Crippen LogP contribution is -2.24. The standard InChI is InChI=1S/C19H16ClN3O2/c20-14-4-1-3-12(9-14)11-21-18(24)13-6-7-15-16(10-13)22-17-5-2-8-23(17)19(15)25/h1,3-4,6-7,9-10H,2,5,8,11H2,(H,21,24). The number of aryl methyl sites for hydroxylation is 1. The van der Waals surface area contributed by atoms with E-state index in [1.54, 1.807) is 28.8 Å². The molecular formula is C19H16ClN3O2. The number of fused-ring (bicyclic) bond motifs is 2. The van der Waals surface area contributed by atoms with Crippen LogP contribution < -0.4 is 10.9 Å². The Bertz CT molecular complexity index is 1040. The summed E-state index contributed by atoms with van der Waals surface area (Å²) in [6.45, 7) is 1.11. The SMILES string of the molecule is O=C(NCc1cccc(Cl)c1)c1ccc2c(=O)n3c(nc2c1)CCC3. The number of rotatable bonds is 3. The van der Waals surface area contributed by atoms with Crippen LogP contribution in [0, 0.1) is 0 Å². The van der Waals surface area contributed by atoms with Gasteiger partial charge in [0.1, 0.15) is 5.82 Å². The second-order valence-electron chi connectivity index (χ2n) is 6.13. The molecule has 0 radical (unpaired) electrons. The van der Waals surface area contributed by atoms with Crippen LogP contribution in [0.1, 0.15) is 28.2 Å². The summed E-state index contributed by atoms with van der Waals surface area (Å²) in [4.78, 5) is 29.4. The van der Waals surface area contributed by atoms with Gasteiger partial charge in [0.15, 0.2) is 0 Å². The number of aromatic nitrogens is 2. The van der Waals surface area contributed by atoms with Gasteiger partial charge in [-0.3, -0.25) is 14.2 Å². The Morgan fingerprint density at radius 1 is 1.24 bits per heavy atom. The highest BCUT2D eigenvalue weighted by Crippen LogP contribution is 2.16. The van der Waals surface area contributed by atoms with Gasteiger partial charge in [-0.05, 0) is 42.3 Å². The third-order valence-electron chi connectivity index (χ3n) is 4.42. The minimum Gasteiger partial charge on any atom is -0.348 e. The van der Waals surface area contributed by atoms with E-state index in [0.717, 1.165) is 30.8 Å². The molecule has 4 rings (SSSR count). The van der Waals surface area contributed by atoms with Crippen molar-refractivity contribution in [2.45, 2.75) is 25.9 Å². The zero-order valence-corrected chi connectivity index (χ0v) is 14.2. The zero-order chi connectivity index (χ0) is 17.4. The highest BCUT2D eigenvalue weighted by Gasteiger charge is 2.17. The van der Waals surface area contributed by atoms with E-state index < -0.39 is 0 Å². The van der Waals surface area contributed by atoms with Crippen molar-refractivity contribution in [1.29, 1.82) is 0 Å². The third-order valence-corrected chi connectivity index (χ3v) is 4.66. The number of nitrogens with zero attached hydrogens (tertiary/aromatic N) is 2. The number of carbonyl (C=O) groups excluding carboxylic acids is 1. The molecule has 2 heterocycles. The topological polar surface area (TPSA) is 64.0 Å². The van der Waals surface area contributed by atoms with Crippen LogP contribution in [0.4, 0.5) is 0 Å². The fraction of sp³-hybridized carbons (Fsp3) is 0.211. The van der Waals surface area contributed by atoms with E-state index >= 15 is 0 Å². The van der Waals surface area contributed by atoms with E-state index in [4.69, 9.17) is 11.6 Å². The Morgan fingerprint density at radius 3 is 2.96 bits per heavy atom. The largest absolute Gasteiger partial charge is 0.348 e. The molecule has 0 fully saturated rings. The van der Waals surface area contributed by atoms with Gasteiger partial charge in [0, 0.05) is 30.1 Å². The molecule has 2 aromatic carbocycles. The highest BCUT2D eigenvalue weighted by molar-refractivity contribution is 6.30. The van der Waals surface area contributed by atoms with Crippen LogP contribution in [-0.4, -0.2) is 15.5 Å². The highest BCUT2D eigenvalue weighted by atomic mass is 35.5. The van der Waals surface area contributed by atoms with Crippen molar-refractivity contribution in [3.05, 3.63) is 74.8 Å². The van der Waals surface area contributed by atoms with Crippen molar-refractivity contribution >= 4 is 28.4 Å². The third kappa shape index (κ3) is 3.03. The smallest absolute Gasteiger partial charge is 0.261 e. The molecular weight excluding hydrogens is 338 g/mol. The Balaban J connectivity index is 1.60. The minimum absolute atomic E-state index is 0.0246. The van der Waals surface area contributed by atoms with Crippen LogP contribution in [0.15, 0.2) is 47.3 Å². The zero-order valence-electron chi connectivity index (χ0n) is 13.5. The second-order valence-corrected chi connectivity index (χ2v) is 6.57. The monoisotopic (exact) mass is 353 g/mol. The van der Waals surface area contributed by atoms with Crippen LogP contribution in [0.5, 0.6) is 0 Å². The van der Waals surface area contributed by atoms with Crippen LogP contribution in [-0.2, 0) is 19.5 Å². The van der Waals surface area contributed by atoms with E-state index in [0.29, 0.717) is 28.0 Å². The normalized spacial score (nSPS) is 13.0. The predicted octanol–water partition coefficient (Wildman–Crippen LogP) is 2.93. The van der Waals surface area contributed by atoms with Crippen molar-refractivity contribution in [3.8, 4) is 0 Å². The lowest BCUT2D eigenvalue weighted by molar-refractivity contribution is 0.0951. The van der Waals surface area contributed by atoms with Crippen LogP contribution in [0.25, 0.3) is 10.9 Å². The first-order chi connectivity index (χ1) is 12.1.